The van der Waals surface area contributed by atoms with E-state index >= 15 is 0 Å². The third-order valence-corrected chi connectivity index (χ3v) is 5.04. The van der Waals surface area contributed by atoms with Crippen LogP contribution in [0.4, 0.5) is 0 Å². The van der Waals surface area contributed by atoms with Crippen molar-refractivity contribution >= 4 is 16.5 Å². The Balaban J connectivity index is 3.32. The molecule has 104 valence electrons. The summed E-state index contributed by atoms with van der Waals surface area (Å²) in [5.41, 5.74) is 0. The second kappa shape index (κ2) is 10.6. The Hall–Kier alpha value is 0.660. The van der Waals surface area contributed by atoms with Gasteiger partial charge in [-0.25, -0.2) is 0 Å². The van der Waals surface area contributed by atoms with E-state index in [-0.39, 0.29) is 6.16 Å². The fourth-order valence-electron chi connectivity index (χ4n) is 1.61. The maximum absolute atomic E-state index is 9.30. The third-order valence-electron chi connectivity index (χ3n) is 2.51. The molecule has 0 rings (SSSR count). The van der Waals surface area contributed by atoms with Gasteiger partial charge in [-0.3, -0.25) is 0 Å². The van der Waals surface area contributed by atoms with Gasteiger partial charge in [-0.2, -0.15) is 9.79 Å². The van der Waals surface area contributed by atoms with Crippen molar-refractivity contribution in [2.24, 2.45) is 0 Å². The summed E-state index contributed by atoms with van der Waals surface area (Å²) < 4.78 is 4.30. The maximum atomic E-state index is 9.30. The van der Waals surface area contributed by atoms with Crippen molar-refractivity contribution in [2.45, 2.75) is 58.3 Å². The first kappa shape index (κ1) is 17.7. The first-order valence-corrected chi connectivity index (χ1v) is 9.15. The molecule has 0 unspecified atom stereocenters. The minimum atomic E-state index is -3.54. The predicted molar refractivity (Wildman–Crippen MR) is 71.3 cm³/mol. The van der Waals surface area contributed by atoms with Crippen molar-refractivity contribution in [2.75, 3.05) is 6.16 Å². The molecule has 0 bridgehead atoms. The van der Waals surface area contributed by atoms with E-state index in [0.29, 0.717) is 6.42 Å². The van der Waals surface area contributed by atoms with Gasteiger partial charge in [0.2, 0.25) is 0 Å². The molecule has 0 amide bonds. The van der Waals surface area contributed by atoms with Gasteiger partial charge in [0.1, 0.15) is 6.16 Å². The van der Waals surface area contributed by atoms with E-state index in [0.717, 1.165) is 12.8 Å². The number of rotatable bonds is 11. The second-order valence-corrected chi connectivity index (χ2v) is 7.13. The molecule has 5 nitrogen and oxygen atoms in total. The van der Waals surface area contributed by atoms with Gasteiger partial charge in [-0.05, 0) is 12.8 Å². The molecule has 0 aromatic rings. The lowest BCUT2D eigenvalue weighted by atomic mass is 10.1. The molecule has 0 atom stereocenters. The minimum Gasteiger partial charge on any atom is -0.326 e. The molecule has 0 aromatic carbocycles. The molecule has 4 N–H and O–H groups in total. The highest BCUT2D eigenvalue weighted by atomic mass is 31.3. The predicted octanol–water partition coefficient (Wildman–Crippen LogP) is 3.10. The zero-order chi connectivity index (χ0) is 13.1. The van der Waals surface area contributed by atoms with Crippen LogP contribution >= 0.6 is 16.5 Å². The fraction of sp³-hybridized carbons (Fsp3) is 1.00. The van der Waals surface area contributed by atoms with Gasteiger partial charge in [0, 0.05) is 0 Å². The molecule has 0 fully saturated rings. The third kappa shape index (κ3) is 12.9. The van der Waals surface area contributed by atoms with E-state index in [2.05, 4.69) is 11.2 Å². The van der Waals surface area contributed by atoms with Crippen molar-refractivity contribution in [3.63, 3.8) is 0 Å². The highest BCUT2D eigenvalue weighted by Gasteiger charge is 2.38. The summed E-state index contributed by atoms with van der Waals surface area (Å²) in [7, 11) is -6.21. The van der Waals surface area contributed by atoms with E-state index in [1.54, 1.807) is 0 Å². The summed E-state index contributed by atoms with van der Waals surface area (Å²) in [6.45, 7) is 2.18. The van der Waals surface area contributed by atoms with Gasteiger partial charge in [0.05, 0.1) is 0 Å². The summed E-state index contributed by atoms with van der Waals surface area (Å²) in [5, 5.41) is 0. The molecule has 0 aromatic heterocycles. The lowest BCUT2D eigenvalue weighted by molar-refractivity contribution is 0.299. The summed E-state index contributed by atoms with van der Waals surface area (Å²) >= 11 is 0. The molecule has 7 heteroatoms. The maximum Gasteiger partial charge on any atom is 0.415 e. The van der Waals surface area contributed by atoms with Gasteiger partial charge in [0.15, 0.2) is 0 Å². The largest absolute Gasteiger partial charge is 0.415 e. The summed E-state index contributed by atoms with van der Waals surface area (Å²) in [6, 6.07) is 0. The molecule has 0 saturated carbocycles. The monoisotopic (exact) mass is 287 g/mol. The van der Waals surface area contributed by atoms with E-state index in [4.69, 9.17) is 9.79 Å². The van der Waals surface area contributed by atoms with Crippen LogP contribution in [0, 0.1) is 0 Å². The lowest BCUT2D eigenvalue weighted by Gasteiger charge is -2.10. The van der Waals surface area contributed by atoms with Crippen molar-refractivity contribution < 1.29 is 23.9 Å². The van der Waals surface area contributed by atoms with Crippen molar-refractivity contribution in [3.8, 4) is 0 Å². The van der Waals surface area contributed by atoms with Gasteiger partial charge < -0.3 is 9.79 Å². The first-order valence-electron chi connectivity index (χ1n) is 6.19. The molecule has 17 heavy (non-hydrogen) atoms. The zero-order valence-corrected chi connectivity index (χ0v) is 12.2. The van der Waals surface area contributed by atoms with Gasteiger partial charge in [-0.1, -0.05) is 49.8 Å². The number of hydrogen-bond donors (Lipinski definition) is 4. The van der Waals surface area contributed by atoms with Crippen LogP contribution in [0.3, 0.4) is 0 Å². The van der Waals surface area contributed by atoms with Crippen LogP contribution in [0.5, 0.6) is 0 Å². The zero-order valence-electron chi connectivity index (χ0n) is 10.5. The van der Waals surface area contributed by atoms with Crippen molar-refractivity contribution in [1.29, 1.82) is 0 Å². The smallest absolute Gasteiger partial charge is 0.326 e. The van der Waals surface area contributed by atoms with Gasteiger partial charge >= 0.3 is 16.5 Å². The quantitative estimate of drug-likeness (QED) is 0.346. The van der Waals surface area contributed by atoms with E-state index in [1.807, 2.05) is 0 Å². The molecule has 0 aliphatic heterocycles. The lowest BCUT2D eigenvalue weighted by Crippen LogP contribution is -1.99. The summed E-state index contributed by atoms with van der Waals surface area (Å²) in [6.07, 6.45) is 8.98. The van der Waals surface area contributed by atoms with Crippen LogP contribution in [0.2, 0.25) is 0 Å². The average Bonchev–Trinajstić information content (AvgIpc) is 2.20. The molecule has 0 saturated heterocycles. The Morgan fingerprint density at radius 2 is 1.35 bits per heavy atom. The topological polar surface area (TPSA) is 90.2 Å². The molecule has 0 spiro atoms. The second-order valence-electron chi connectivity index (χ2n) is 4.20. The van der Waals surface area contributed by atoms with Gasteiger partial charge in [0.25, 0.3) is 0 Å². The fourth-order valence-corrected chi connectivity index (χ4v) is 3.51. The van der Waals surface area contributed by atoms with E-state index in [9.17, 15) is 9.79 Å². The normalized spacial score (nSPS) is 12.4. The standard InChI is InChI=1S/C10H25O5P2/c1-2-3-4-5-6-7-8-9-10-17(13,14)15-16(11)12/h11-14H,2-10H2,1H3/q+1. The highest BCUT2D eigenvalue weighted by Crippen LogP contribution is 2.59. The molecule has 0 heterocycles. The van der Waals surface area contributed by atoms with Crippen LogP contribution in [0.15, 0.2) is 0 Å². The van der Waals surface area contributed by atoms with Crippen molar-refractivity contribution in [1.82, 2.24) is 0 Å². The summed E-state index contributed by atoms with van der Waals surface area (Å²) in [4.78, 5) is 35.6. The van der Waals surface area contributed by atoms with Crippen LogP contribution < -0.4 is 0 Å². The molecular weight excluding hydrogens is 262 g/mol. The van der Waals surface area contributed by atoms with Crippen LogP contribution in [0.25, 0.3) is 0 Å². The Bertz CT molecular complexity index is 178. The number of hydrogen-bond acceptors (Lipinski definition) is 5. The van der Waals surface area contributed by atoms with Crippen LogP contribution in [0.1, 0.15) is 58.3 Å². The molecule has 0 aliphatic rings. The van der Waals surface area contributed by atoms with Crippen molar-refractivity contribution in [3.05, 3.63) is 0 Å². The molecule has 0 radical (unpaired) electrons. The molecule has 0 aliphatic carbocycles. The Morgan fingerprint density at radius 1 is 0.882 bits per heavy atom. The van der Waals surface area contributed by atoms with Gasteiger partial charge in [-0.15, -0.1) is 0 Å². The summed E-state index contributed by atoms with van der Waals surface area (Å²) in [5.74, 6) is 0. The SMILES string of the molecule is CCCCCCCCCC[P+](O)(O)OP(O)O. The molecular formula is C10H25O5P2+. The Labute approximate surface area is 105 Å². The van der Waals surface area contributed by atoms with E-state index in [1.165, 1.54) is 32.1 Å². The van der Waals surface area contributed by atoms with Crippen LogP contribution in [-0.4, -0.2) is 25.7 Å². The highest BCUT2D eigenvalue weighted by molar-refractivity contribution is 7.66. The van der Waals surface area contributed by atoms with Crippen LogP contribution in [-0.2, 0) is 4.31 Å². The number of unbranched alkanes of at least 4 members (excludes halogenated alkanes) is 7. The Morgan fingerprint density at radius 3 is 1.82 bits per heavy atom. The average molecular weight is 287 g/mol. The first-order chi connectivity index (χ1) is 7.98. The Kier molecular flexibility index (Phi) is 11.0. The minimum absolute atomic E-state index is 0.113. The van der Waals surface area contributed by atoms with E-state index < -0.39 is 16.5 Å².